The smallest absolute Gasteiger partial charge is 0.0708 e. The van der Waals surface area contributed by atoms with E-state index >= 15 is 0 Å². The maximum absolute atomic E-state index is 9.71. The van der Waals surface area contributed by atoms with Gasteiger partial charge in [-0.05, 0) is 49.9 Å². The van der Waals surface area contributed by atoms with Crippen LogP contribution >= 0.6 is 0 Å². The van der Waals surface area contributed by atoms with Gasteiger partial charge in [-0.3, -0.25) is 0 Å². The average molecular weight is 205 g/mol. The molecule has 1 aliphatic rings. The Bertz CT molecular complexity index is 348. The Morgan fingerprint density at radius 3 is 2.73 bits per heavy atom. The van der Waals surface area contributed by atoms with Crippen LogP contribution in [0.4, 0.5) is 0 Å². The second-order valence-corrected chi connectivity index (χ2v) is 4.54. The fourth-order valence-corrected chi connectivity index (χ4v) is 2.15. The quantitative estimate of drug-likeness (QED) is 0.768. The molecule has 1 saturated heterocycles. The molecule has 2 unspecified atom stereocenters. The minimum atomic E-state index is -0.174. The fraction of sp³-hybridized carbons (Fsp3) is 0.538. The maximum Gasteiger partial charge on any atom is 0.0708 e. The summed E-state index contributed by atoms with van der Waals surface area (Å²) in [4.78, 5) is 0. The molecule has 2 rings (SSSR count). The molecule has 82 valence electrons. The first-order chi connectivity index (χ1) is 7.16. The molecule has 0 saturated carbocycles. The lowest BCUT2D eigenvalue weighted by Crippen LogP contribution is -2.32. The SMILES string of the molecule is Cc1ccc(CC2NCCC2O)cc1C. The van der Waals surface area contributed by atoms with Gasteiger partial charge < -0.3 is 10.4 Å². The van der Waals surface area contributed by atoms with Crippen molar-refractivity contribution in [3.05, 3.63) is 34.9 Å². The Morgan fingerprint density at radius 1 is 1.33 bits per heavy atom. The van der Waals surface area contributed by atoms with Crippen molar-refractivity contribution in [3.63, 3.8) is 0 Å². The molecule has 1 aliphatic heterocycles. The topological polar surface area (TPSA) is 32.3 Å². The molecule has 0 bridgehead atoms. The molecular formula is C13H19NO. The second-order valence-electron chi connectivity index (χ2n) is 4.54. The second kappa shape index (κ2) is 4.33. The van der Waals surface area contributed by atoms with Crippen molar-refractivity contribution in [1.29, 1.82) is 0 Å². The normalized spacial score (nSPS) is 25.8. The van der Waals surface area contributed by atoms with Crippen molar-refractivity contribution in [3.8, 4) is 0 Å². The molecule has 1 aromatic carbocycles. The molecule has 1 heterocycles. The van der Waals surface area contributed by atoms with E-state index in [-0.39, 0.29) is 12.1 Å². The molecule has 1 aromatic rings. The minimum absolute atomic E-state index is 0.174. The number of aryl methyl sites for hydroxylation is 2. The highest BCUT2D eigenvalue weighted by atomic mass is 16.3. The van der Waals surface area contributed by atoms with Crippen LogP contribution < -0.4 is 5.32 Å². The van der Waals surface area contributed by atoms with Crippen LogP contribution in [0.25, 0.3) is 0 Å². The van der Waals surface area contributed by atoms with Crippen LogP contribution in [0, 0.1) is 13.8 Å². The third-order valence-electron chi connectivity index (χ3n) is 3.34. The molecule has 0 spiro atoms. The first-order valence-corrected chi connectivity index (χ1v) is 5.64. The number of nitrogens with one attached hydrogen (secondary N) is 1. The standard InChI is InChI=1S/C13H19NO/c1-9-3-4-11(7-10(9)2)8-12-13(15)5-6-14-12/h3-4,7,12-15H,5-6,8H2,1-2H3. The molecule has 0 radical (unpaired) electrons. The summed E-state index contributed by atoms with van der Waals surface area (Å²) in [5.74, 6) is 0. The minimum Gasteiger partial charge on any atom is -0.391 e. The van der Waals surface area contributed by atoms with Gasteiger partial charge in [0.05, 0.1) is 6.10 Å². The summed E-state index contributed by atoms with van der Waals surface area (Å²) >= 11 is 0. The van der Waals surface area contributed by atoms with Gasteiger partial charge in [0.1, 0.15) is 0 Å². The summed E-state index contributed by atoms with van der Waals surface area (Å²) < 4.78 is 0. The van der Waals surface area contributed by atoms with Crippen LogP contribution in [0.15, 0.2) is 18.2 Å². The molecule has 2 nitrogen and oxygen atoms in total. The van der Waals surface area contributed by atoms with E-state index in [0.29, 0.717) is 0 Å². The van der Waals surface area contributed by atoms with E-state index in [0.717, 1.165) is 19.4 Å². The van der Waals surface area contributed by atoms with Crippen LogP contribution in [-0.4, -0.2) is 23.8 Å². The van der Waals surface area contributed by atoms with Crippen LogP contribution in [0.3, 0.4) is 0 Å². The molecule has 2 heteroatoms. The van der Waals surface area contributed by atoms with Crippen molar-refractivity contribution in [2.24, 2.45) is 0 Å². The summed E-state index contributed by atoms with van der Waals surface area (Å²) in [6.07, 6.45) is 1.64. The summed E-state index contributed by atoms with van der Waals surface area (Å²) in [7, 11) is 0. The van der Waals surface area contributed by atoms with Gasteiger partial charge in [-0.25, -0.2) is 0 Å². The molecule has 2 N–H and O–H groups in total. The van der Waals surface area contributed by atoms with Crippen LogP contribution in [0.5, 0.6) is 0 Å². The van der Waals surface area contributed by atoms with E-state index in [2.05, 4.69) is 37.4 Å². The van der Waals surface area contributed by atoms with Crippen molar-refractivity contribution >= 4 is 0 Å². The summed E-state index contributed by atoms with van der Waals surface area (Å²) in [5.41, 5.74) is 3.98. The van der Waals surface area contributed by atoms with Gasteiger partial charge in [0.2, 0.25) is 0 Å². The third kappa shape index (κ3) is 2.39. The number of rotatable bonds is 2. The van der Waals surface area contributed by atoms with Gasteiger partial charge in [-0.1, -0.05) is 18.2 Å². The van der Waals surface area contributed by atoms with Crippen LogP contribution in [0.1, 0.15) is 23.1 Å². The molecule has 15 heavy (non-hydrogen) atoms. The lowest BCUT2D eigenvalue weighted by molar-refractivity contribution is 0.159. The van der Waals surface area contributed by atoms with Gasteiger partial charge in [0.15, 0.2) is 0 Å². The van der Waals surface area contributed by atoms with Gasteiger partial charge in [-0.2, -0.15) is 0 Å². The zero-order valence-corrected chi connectivity index (χ0v) is 9.46. The largest absolute Gasteiger partial charge is 0.391 e. The first kappa shape index (κ1) is 10.7. The Kier molecular flexibility index (Phi) is 3.08. The van der Waals surface area contributed by atoms with E-state index in [4.69, 9.17) is 0 Å². The van der Waals surface area contributed by atoms with Crippen molar-refractivity contribution < 1.29 is 5.11 Å². The lowest BCUT2D eigenvalue weighted by Gasteiger charge is -2.15. The Hall–Kier alpha value is -0.860. The average Bonchev–Trinajstić information content (AvgIpc) is 2.59. The molecular weight excluding hydrogens is 186 g/mol. The number of hydrogen-bond acceptors (Lipinski definition) is 2. The zero-order valence-electron chi connectivity index (χ0n) is 9.46. The van der Waals surface area contributed by atoms with E-state index in [1.165, 1.54) is 16.7 Å². The van der Waals surface area contributed by atoms with Crippen LogP contribution in [0.2, 0.25) is 0 Å². The number of aliphatic hydroxyl groups is 1. The fourth-order valence-electron chi connectivity index (χ4n) is 2.15. The molecule has 2 atom stereocenters. The monoisotopic (exact) mass is 205 g/mol. The lowest BCUT2D eigenvalue weighted by atomic mass is 9.99. The predicted octanol–water partition coefficient (Wildman–Crippen LogP) is 1.57. The number of benzene rings is 1. The summed E-state index contributed by atoms with van der Waals surface area (Å²) in [5, 5.41) is 13.1. The highest BCUT2D eigenvalue weighted by Gasteiger charge is 2.24. The molecule has 0 aliphatic carbocycles. The first-order valence-electron chi connectivity index (χ1n) is 5.64. The summed E-state index contributed by atoms with van der Waals surface area (Å²) in [6, 6.07) is 6.79. The molecule has 0 amide bonds. The Labute approximate surface area is 91.3 Å². The van der Waals surface area contributed by atoms with E-state index in [1.54, 1.807) is 0 Å². The predicted molar refractivity (Wildman–Crippen MR) is 62.0 cm³/mol. The highest BCUT2D eigenvalue weighted by molar-refractivity contribution is 5.30. The number of hydrogen-bond donors (Lipinski definition) is 2. The maximum atomic E-state index is 9.71. The van der Waals surface area contributed by atoms with E-state index < -0.39 is 0 Å². The van der Waals surface area contributed by atoms with Crippen molar-refractivity contribution in [2.75, 3.05) is 6.54 Å². The third-order valence-corrected chi connectivity index (χ3v) is 3.34. The van der Waals surface area contributed by atoms with Gasteiger partial charge in [0.25, 0.3) is 0 Å². The van der Waals surface area contributed by atoms with Gasteiger partial charge in [0, 0.05) is 6.04 Å². The van der Waals surface area contributed by atoms with Gasteiger partial charge in [-0.15, -0.1) is 0 Å². The van der Waals surface area contributed by atoms with Crippen molar-refractivity contribution in [2.45, 2.75) is 38.8 Å². The Morgan fingerprint density at radius 2 is 2.13 bits per heavy atom. The zero-order chi connectivity index (χ0) is 10.8. The Balaban J connectivity index is 2.07. The molecule has 0 aromatic heterocycles. The van der Waals surface area contributed by atoms with E-state index in [9.17, 15) is 5.11 Å². The van der Waals surface area contributed by atoms with Crippen LogP contribution in [-0.2, 0) is 6.42 Å². The molecule has 1 fully saturated rings. The highest BCUT2D eigenvalue weighted by Crippen LogP contribution is 2.15. The van der Waals surface area contributed by atoms with Gasteiger partial charge >= 0.3 is 0 Å². The number of aliphatic hydroxyl groups excluding tert-OH is 1. The van der Waals surface area contributed by atoms with E-state index in [1.807, 2.05) is 0 Å². The van der Waals surface area contributed by atoms with Crippen molar-refractivity contribution in [1.82, 2.24) is 5.32 Å². The summed E-state index contributed by atoms with van der Waals surface area (Å²) in [6.45, 7) is 5.20.